The van der Waals surface area contributed by atoms with Gasteiger partial charge >= 0.3 is 0 Å². The lowest BCUT2D eigenvalue weighted by Gasteiger charge is -2.41. The summed E-state index contributed by atoms with van der Waals surface area (Å²) in [4.78, 5) is 15.3. The molecule has 0 aromatic rings. The summed E-state index contributed by atoms with van der Waals surface area (Å²) in [7, 11) is 5.49. The van der Waals surface area contributed by atoms with Crippen LogP contribution in [0, 0.1) is 11.8 Å². The monoisotopic (exact) mass is 469 g/mol. The summed E-state index contributed by atoms with van der Waals surface area (Å²) in [5.74, 6) is 1.97. The van der Waals surface area contributed by atoms with Gasteiger partial charge in [0.25, 0.3) is 0 Å². The first kappa shape index (κ1) is 24.7. The van der Waals surface area contributed by atoms with Gasteiger partial charge in [0.1, 0.15) is 6.29 Å². The van der Waals surface area contributed by atoms with Crippen molar-refractivity contribution in [1.29, 1.82) is 0 Å². The lowest BCUT2D eigenvalue weighted by Crippen LogP contribution is -2.66. The van der Waals surface area contributed by atoms with Crippen LogP contribution in [0.3, 0.4) is 0 Å². The van der Waals surface area contributed by atoms with E-state index in [0.29, 0.717) is 18.5 Å². The van der Waals surface area contributed by atoms with Crippen LogP contribution in [0.15, 0.2) is 0 Å². The van der Waals surface area contributed by atoms with Gasteiger partial charge in [-0.25, -0.2) is 5.01 Å². The van der Waals surface area contributed by atoms with Gasteiger partial charge in [-0.15, -0.1) is 0 Å². The number of hydrazine groups is 1. The Hall–Kier alpha value is -0.420. The van der Waals surface area contributed by atoms with Crippen LogP contribution in [0.4, 0.5) is 0 Å². The van der Waals surface area contributed by atoms with Gasteiger partial charge in [-0.1, -0.05) is 0 Å². The minimum atomic E-state index is -0.0293. The Balaban J connectivity index is 1.29. The average molecular weight is 470 g/mol. The zero-order chi connectivity index (χ0) is 22.7. The van der Waals surface area contributed by atoms with Gasteiger partial charge in [-0.3, -0.25) is 20.9 Å². The van der Waals surface area contributed by atoms with Crippen LogP contribution in [0.1, 0.15) is 45.4 Å². The number of thioether (sulfide) groups is 1. The fraction of sp³-hybridized carbons (Fsp3) is 0.957. The van der Waals surface area contributed by atoms with Crippen molar-refractivity contribution in [3.05, 3.63) is 0 Å². The second-order valence-electron chi connectivity index (χ2n) is 10.0. The van der Waals surface area contributed by atoms with Crippen LogP contribution in [-0.2, 0) is 14.3 Å². The van der Waals surface area contributed by atoms with Gasteiger partial charge in [0.05, 0.1) is 18.1 Å². The molecule has 4 fully saturated rings. The summed E-state index contributed by atoms with van der Waals surface area (Å²) < 4.78 is 11.2. The molecule has 32 heavy (non-hydrogen) atoms. The summed E-state index contributed by atoms with van der Waals surface area (Å²) in [6.07, 6.45) is 7.24. The molecule has 8 atom stereocenters. The first-order chi connectivity index (χ1) is 15.5. The second kappa shape index (κ2) is 11.3. The molecule has 0 aromatic carbocycles. The Kier molecular flexibility index (Phi) is 8.75. The van der Waals surface area contributed by atoms with Crippen LogP contribution in [0.5, 0.6) is 0 Å². The number of methoxy groups -OCH3 is 2. The number of amides is 1. The minimum Gasteiger partial charge on any atom is -0.379 e. The fourth-order valence-corrected chi connectivity index (χ4v) is 7.49. The zero-order valence-electron chi connectivity index (χ0n) is 20.2. The molecule has 1 saturated carbocycles. The van der Waals surface area contributed by atoms with Gasteiger partial charge in [0.2, 0.25) is 5.91 Å². The van der Waals surface area contributed by atoms with Crippen molar-refractivity contribution in [2.45, 2.75) is 81.3 Å². The first-order valence-electron chi connectivity index (χ1n) is 12.4. The summed E-state index contributed by atoms with van der Waals surface area (Å²) in [5, 5.41) is 10.4. The summed E-state index contributed by atoms with van der Waals surface area (Å²) in [6.45, 7) is 4.69. The Morgan fingerprint density at radius 3 is 2.69 bits per heavy atom. The molecule has 0 aromatic heterocycles. The van der Waals surface area contributed by atoms with E-state index < -0.39 is 0 Å². The third-order valence-electron chi connectivity index (χ3n) is 8.04. The molecule has 8 nitrogen and oxygen atoms in total. The lowest BCUT2D eigenvalue weighted by molar-refractivity contribution is -0.136. The highest BCUT2D eigenvalue weighted by Gasteiger charge is 2.43. The van der Waals surface area contributed by atoms with Gasteiger partial charge in [0.15, 0.2) is 0 Å². The van der Waals surface area contributed by atoms with E-state index in [1.807, 2.05) is 11.9 Å². The molecule has 184 valence electrons. The van der Waals surface area contributed by atoms with E-state index in [1.165, 1.54) is 25.0 Å². The van der Waals surface area contributed by atoms with Crippen molar-refractivity contribution >= 4 is 17.7 Å². The van der Waals surface area contributed by atoms with Crippen LogP contribution < -0.4 is 16.1 Å². The molecule has 3 saturated heterocycles. The standard InChI is InChI=1S/C23H43N5O3S/c1-15-17(22(29)27(2)14-16-7-8-19(30-3)20(12-16)31-4)13-25-28(15)23-24-10-9-18(26-23)21-6-5-11-32-21/h15-21,23-26H,5-14H2,1-4H3. The van der Waals surface area contributed by atoms with Crippen LogP contribution in [0.2, 0.25) is 0 Å². The second-order valence-corrected chi connectivity index (χ2v) is 11.4. The predicted molar refractivity (Wildman–Crippen MR) is 128 cm³/mol. The van der Waals surface area contributed by atoms with Crippen molar-refractivity contribution in [2.24, 2.45) is 11.8 Å². The highest BCUT2D eigenvalue weighted by Crippen LogP contribution is 2.32. The number of hydrogen-bond donors (Lipinski definition) is 3. The first-order valence-corrected chi connectivity index (χ1v) is 13.5. The van der Waals surface area contributed by atoms with E-state index >= 15 is 0 Å². The van der Waals surface area contributed by atoms with Crippen molar-refractivity contribution in [3.63, 3.8) is 0 Å². The van der Waals surface area contributed by atoms with E-state index in [0.717, 1.165) is 37.6 Å². The molecular weight excluding hydrogens is 426 g/mol. The molecule has 3 heterocycles. The third-order valence-corrected chi connectivity index (χ3v) is 9.56. The number of carbonyl (C=O) groups excluding carboxylic acids is 1. The van der Waals surface area contributed by atoms with E-state index in [-0.39, 0.29) is 36.4 Å². The normalized spacial score (nSPS) is 41.1. The fourth-order valence-electron chi connectivity index (χ4n) is 6.07. The number of nitrogens with one attached hydrogen (secondary N) is 3. The molecule has 3 N–H and O–H groups in total. The van der Waals surface area contributed by atoms with Crippen LogP contribution in [-0.4, -0.2) is 98.3 Å². The number of ether oxygens (including phenoxy) is 2. The molecule has 3 aliphatic heterocycles. The maximum atomic E-state index is 13.4. The Bertz CT molecular complexity index is 622. The Morgan fingerprint density at radius 1 is 1.16 bits per heavy atom. The molecule has 0 spiro atoms. The zero-order valence-corrected chi connectivity index (χ0v) is 21.0. The summed E-state index contributed by atoms with van der Waals surface area (Å²) >= 11 is 2.12. The third kappa shape index (κ3) is 5.45. The Labute approximate surface area is 197 Å². The predicted octanol–water partition coefficient (Wildman–Crippen LogP) is 1.23. The van der Waals surface area contributed by atoms with Crippen molar-refractivity contribution in [1.82, 2.24) is 26.0 Å². The van der Waals surface area contributed by atoms with Crippen molar-refractivity contribution in [3.8, 4) is 0 Å². The van der Waals surface area contributed by atoms with E-state index in [1.54, 1.807) is 14.2 Å². The molecule has 4 aliphatic rings. The molecule has 0 bridgehead atoms. The van der Waals surface area contributed by atoms with Gasteiger partial charge < -0.3 is 14.4 Å². The molecule has 0 radical (unpaired) electrons. The Morgan fingerprint density at radius 2 is 1.97 bits per heavy atom. The lowest BCUT2D eigenvalue weighted by atomic mass is 9.84. The highest BCUT2D eigenvalue weighted by atomic mass is 32.2. The molecule has 1 aliphatic carbocycles. The van der Waals surface area contributed by atoms with Gasteiger partial charge in [-0.05, 0) is 63.7 Å². The number of rotatable bonds is 7. The quantitative estimate of drug-likeness (QED) is 0.514. The molecule has 9 heteroatoms. The van der Waals surface area contributed by atoms with E-state index in [2.05, 4.69) is 39.8 Å². The van der Waals surface area contributed by atoms with Crippen molar-refractivity contribution < 1.29 is 14.3 Å². The molecule has 4 rings (SSSR count). The average Bonchev–Trinajstić information content (AvgIpc) is 3.48. The van der Waals surface area contributed by atoms with Crippen molar-refractivity contribution in [2.75, 3.05) is 46.7 Å². The van der Waals surface area contributed by atoms with Crippen LogP contribution >= 0.6 is 11.8 Å². The minimum absolute atomic E-state index is 0.0293. The smallest absolute Gasteiger partial charge is 0.228 e. The van der Waals surface area contributed by atoms with E-state index in [9.17, 15) is 4.79 Å². The maximum absolute atomic E-state index is 13.4. The summed E-state index contributed by atoms with van der Waals surface area (Å²) in [6, 6.07) is 0.692. The summed E-state index contributed by atoms with van der Waals surface area (Å²) in [5.41, 5.74) is 3.52. The van der Waals surface area contributed by atoms with Crippen LogP contribution in [0.25, 0.3) is 0 Å². The largest absolute Gasteiger partial charge is 0.379 e. The van der Waals surface area contributed by atoms with Gasteiger partial charge in [0, 0.05) is 51.7 Å². The van der Waals surface area contributed by atoms with Gasteiger partial charge in [-0.2, -0.15) is 11.8 Å². The molecule has 8 unspecified atom stereocenters. The molecule has 1 amide bonds. The maximum Gasteiger partial charge on any atom is 0.228 e. The highest BCUT2D eigenvalue weighted by molar-refractivity contribution is 8.00. The van der Waals surface area contributed by atoms with E-state index in [4.69, 9.17) is 9.47 Å². The number of hydrogen-bond acceptors (Lipinski definition) is 8. The topological polar surface area (TPSA) is 78.1 Å². The molecular formula is C23H43N5O3S. The SMILES string of the molecule is COC1CCC(CN(C)C(=O)C2CNN(C3NCCC(C4CCCS4)N3)C2C)CC1OC. The number of nitrogens with zero attached hydrogens (tertiary/aromatic N) is 2. The number of carbonyl (C=O) groups is 1.